The number of Topliss-reactive ketones (excluding diaryl/α,β-unsaturated/α-hetero) is 2. The minimum absolute atomic E-state index is 0.112. The predicted molar refractivity (Wildman–Crippen MR) is 87.3 cm³/mol. The molecule has 2 aromatic rings. The van der Waals surface area contributed by atoms with Gasteiger partial charge in [-0.2, -0.15) is 0 Å². The highest BCUT2D eigenvalue weighted by Gasteiger charge is 2.14. The Hall–Kier alpha value is -3.02. The highest BCUT2D eigenvalue weighted by molar-refractivity contribution is 5.95. The maximum Gasteiger partial charge on any atom is 0.221 e. The van der Waals surface area contributed by atoms with E-state index < -0.39 is 0 Å². The minimum atomic E-state index is -0.112. The fourth-order valence-electron chi connectivity index (χ4n) is 2.01. The third-order valence-corrected chi connectivity index (χ3v) is 3.36. The van der Waals surface area contributed by atoms with Crippen LogP contribution in [0.15, 0.2) is 36.4 Å². The molecule has 126 valence electrons. The van der Waals surface area contributed by atoms with Crippen molar-refractivity contribution >= 4 is 11.6 Å². The molecule has 0 saturated heterocycles. The maximum absolute atomic E-state index is 11.5. The third-order valence-electron chi connectivity index (χ3n) is 3.36. The van der Waals surface area contributed by atoms with Crippen molar-refractivity contribution in [3.63, 3.8) is 0 Å². The third kappa shape index (κ3) is 3.84. The largest absolute Gasteiger partial charge is 0.493 e. The molecule has 0 atom stereocenters. The van der Waals surface area contributed by atoms with E-state index in [2.05, 4.69) is 0 Å². The second-order valence-corrected chi connectivity index (χ2v) is 5.01. The molecule has 6 nitrogen and oxygen atoms in total. The molecule has 6 heteroatoms. The number of carbonyl (C=O) groups excluding carboxylic acids is 2. The molecule has 0 heterocycles. The lowest BCUT2D eigenvalue weighted by molar-refractivity contribution is -0.103. The first-order valence-electron chi connectivity index (χ1n) is 7.18. The summed E-state index contributed by atoms with van der Waals surface area (Å²) >= 11 is 0. The highest BCUT2D eigenvalue weighted by Crippen LogP contribution is 2.32. The van der Waals surface area contributed by atoms with E-state index in [1.54, 1.807) is 24.3 Å². The molecule has 0 bridgehead atoms. The summed E-state index contributed by atoms with van der Waals surface area (Å²) in [4.78, 5) is 33.6. The SMILES string of the molecule is COc1ccc(C(C)=O)cc1OOc1cc(C(C)=O)ccc1OC. The normalized spacial score (nSPS) is 10.0. The lowest BCUT2D eigenvalue weighted by Crippen LogP contribution is -2.06. The first-order chi connectivity index (χ1) is 11.5. The van der Waals surface area contributed by atoms with E-state index in [0.717, 1.165) is 0 Å². The number of rotatable bonds is 7. The second kappa shape index (κ2) is 7.50. The molecule has 0 fully saturated rings. The van der Waals surface area contributed by atoms with E-state index in [-0.39, 0.29) is 23.1 Å². The average Bonchev–Trinajstić information content (AvgIpc) is 2.59. The van der Waals surface area contributed by atoms with Gasteiger partial charge in [0.1, 0.15) is 0 Å². The topological polar surface area (TPSA) is 71.1 Å². The van der Waals surface area contributed by atoms with Crippen LogP contribution in [0, 0.1) is 0 Å². The van der Waals surface area contributed by atoms with Gasteiger partial charge in [-0.15, -0.1) is 0 Å². The van der Waals surface area contributed by atoms with Crippen LogP contribution < -0.4 is 19.2 Å². The highest BCUT2D eigenvalue weighted by atomic mass is 17.2. The van der Waals surface area contributed by atoms with E-state index in [0.29, 0.717) is 22.6 Å². The fraction of sp³-hybridized carbons (Fsp3) is 0.222. The molecule has 0 aliphatic heterocycles. The van der Waals surface area contributed by atoms with Gasteiger partial charge in [0.25, 0.3) is 0 Å². The standard InChI is InChI=1S/C18H18O6/c1-11(19)13-5-7-15(21-3)17(9-13)23-24-18-10-14(12(2)20)6-8-16(18)22-4/h5-10H,1-4H3. The van der Waals surface area contributed by atoms with Crippen LogP contribution >= 0.6 is 0 Å². The van der Waals surface area contributed by atoms with E-state index in [9.17, 15) is 9.59 Å². The van der Waals surface area contributed by atoms with Gasteiger partial charge in [-0.1, -0.05) is 0 Å². The van der Waals surface area contributed by atoms with Crippen LogP contribution in [-0.2, 0) is 0 Å². The molecule has 0 amide bonds. The zero-order chi connectivity index (χ0) is 17.7. The van der Waals surface area contributed by atoms with Gasteiger partial charge in [-0.05, 0) is 38.1 Å². The quantitative estimate of drug-likeness (QED) is 0.440. The van der Waals surface area contributed by atoms with Gasteiger partial charge < -0.3 is 9.47 Å². The summed E-state index contributed by atoms with van der Waals surface area (Å²) in [6, 6.07) is 9.51. The molecule has 0 aliphatic carbocycles. The molecular formula is C18H18O6. The van der Waals surface area contributed by atoms with Crippen molar-refractivity contribution in [1.29, 1.82) is 0 Å². The van der Waals surface area contributed by atoms with Gasteiger partial charge in [0.15, 0.2) is 23.1 Å². The van der Waals surface area contributed by atoms with Gasteiger partial charge in [-0.3, -0.25) is 19.4 Å². The summed E-state index contributed by atoms with van der Waals surface area (Å²) in [5.41, 5.74) is 0.915. The average molecular weight is 330 g/mol. The maximum atomic E-state index is 11.5. The Morgan fingerprint density at radius 2 is 1.04 bits per heavy atom. The molecule has 0 radical (unpaired) electrons. The van der Waals surface area contributed by atoms with E-state index >= 15 is 0 Å². The summed E-state index contributed by atoms with van der Waals surface area (Å²) in [5, 5.41) is 0. The monoisotopic (exact) mass is 330 g/mol. The van der Waals surface area contributed by atoms with Crippen LogP contribution in [0.1, 0.15) is 34.6 Å². The molecule has 2 rings (SSSR count). The molecule has 0 spiro atoms. The van der Waals surface area contributed by atoms with Crippen molar-refractivity contribution in [2.45, 2.75) is 13.8 Å². The van der Waals surface area contributed by atoms with Crippen LogP contribution in [-0.4, -0.2) is 25.8 Å². The van der Waals surface area contributed by atoms with Crippen molar-refractivity contribution in [3.8, 4) is 23.0 Å². The van der Waals surface area contributed by atoms with Crippen molar-refractivity contribution < 1.29 is 28.8 Å². The number of hydrogen-bond donors (Lipinski definition) is 0. The number of ketones is 2. The molecule has 2 aromatic carbocycles. The molecule has 0 N–H and O–H groups in total. The number of carbonyl (C=O) groups is 2. The summed E-state index contributed by atoms with van der Waals surface area (Å²) in [5.74, 6) is 1.06. The van der Waals surface area contributed by atoms with E-state index in [1.807, 2.05) is 0 Å². The van der Waals surface area contributed by atoms with Gasteiger partial charge in [0.2, 0.25) is 11.5 Å². The zero-order valence-electron chi connectivity index (χ0n) is 13.9. The summed E-state index contributed by atoms with van der Waals surface area (Å²) < 4.78 is 10.4. The van der Waals surface area contributed by atoms with E-state index in [1.165, 1.54) is 40.2 Å². The van der Waals surface area contributed by atoms with E-state index in [4.69, 9.17) is 19.2 Å². The minimum Gasteiger partial charge on any atom is -0.493 e. The number of methoxy groups -OCH3 is 2. The van der Waals surface area contributed by atoms with Crippen LogP contribution in [0.4, 0.5) is 0 Å². The van der Waals surface area contributed by atoms with Gasteiger partial charge in [0.05, 0.1) is 14.2 Å². The Balaban J connectivity index is 2.30. The van der Waals surface area contributed by atoms with Crippen LogP contribution in [0.2, 0.25) is 0 Å². The smallest absolute Gasteiger partial charge is 0.221 e. The van der Waals surface area contributed by atoms with Crippen LogP contribution in [0.3, 0.4) is 0 Å². The summed E-state index contributed by atoms with van der Waals surface area (Å²) in [6.07, 6.45) is 0. The van der Waals surface area contributed by atoms with Crippen molar-refractivity contribution in [3.05, 3.63) is 47.5 Å². The number of hydrogen-bond acceptors (Lipinski definition) is 6. The number of benzene rings is 2. The van der Waals surface area contributed by atoms with Crippen LogP contribution in [0.25, 0.3) is 0 Å². The molecule has 0 saturated carbocycles. The van der Waals surface area contributed by atoms with Gasteiger partial charge in [0, 0.05) is 23.3 Å². The second-order valence-electron chi connectivity index (χ2n) is 5.01. The lowest BCUT2D eigenvalue weighted by Gasteiger charge is -2.13. The molecular weight excluding hydrogens is 312 g/mol. The Labute approximate surface area is 139 Å². The Kier molecular flexibility index (Phi) is 5.42. The first kappa shape index (κ1) is 17.3. The number of ether oxygens (including phenoxy) is 2. The Morgan fingerprint density at radius 1 is 0.667 bits per heavy atom. The summed E-state index contributed by atoms with van der Waals surface area (Å²) in [7, 11) is 2.96. The predicted octanol–water partition coefficient (Wildman–Crippen LogP) is 3.48. The van der Waals surface area contributed by atoms with Gasteiger partial charge >= 0.3 is 0 Å². The Bertz CT molecular complexity index is 701. The van der Waals surface area contributed by atoms with Gasteiger partial charge in [-0.25, -0.2) is 0 Å². The van der Waals surface area contributed by atoms with Crippen molar-refractivity contribution in [1.82, 2.24) is 0 Å². The van der Waals surface area contributed by atoms with Crippen LogP contribution in [0.5, 0.6) is 23.0 Å². The molecule has 24 heavy (non-hydrogen) atoms. The molecule has 0 aliphatic rings. The Morgan fingerprint density at radius 3 is 1.33 bits per heavy atom. The fourth-order valence-corrected chi connectivity index (χ4v) is 2.01. The first-order valence-corrected chi connectivity index (χ1v) is 7.18. The van der Waals surface area contributed by atoms with Crippen molar-refractivity contribution in [2.75, 3.05) is 14.2 Å². The lowest BCUT2D eigenvalue weighted by atomic mass is 10.1. The molecule has 0 unspecified atom stereocenters. The molecule has 0 aromatic heterocycles. The summed E-state index contributed by atoms with van der Waals surface area (Å²) in [6.45, 7) is 2.90. The zero-order valence-corrected chi connectivity index (χ0v) is 13.9. The van der Waals surface area contributed by atoms with Crippen molar-refractivity contribution in [2.24, 2.45) is 0 Å².